The van der Waals surface area contributed by atoms with Gasteiger partial charge in [-0.25, -0.2) is 16.8 Å². The molecular weight excluding hydrogens is 464 g/mol. The van der Waals surface area contributed by atoms with E-state index in [0.29, 0.717) is 33.4 Å². The molecule has 0 amide bonds. The molecule has 0 aliphatic carbocycles. The molecule has 4 nitrogen and oxygen atoms in total. The largest absolute Gasteiger partial charge is 0.219 e. The molecule has 3 aromatic rings. The van der Waals surface area contributed by atoms with Crippen molar-refractivity contribution in [2.75, 3.05) is 0 Å². The van der Waals surface area contributed by atoms with Gasteiger partial charge < -0.3 is 0 Å². The van der Waals surface area contributed by atoms with Crippen molar-refractivity contribution in [2.24, 2.45) is 0 Å². The molecule has 34 heavy (non-hydrogen) atoms. The van der Waals surface area contributed by atoms with Gasteiger partial charge in [0, 0.05) is 0 Å². The molecule has 5 rings (SSSR count). The summed E-state index contributed by atoms with van der Waals surface area (Å²) in [5.41, 5.74) is 3.77. The highest BCUT2D eigenvalue weighted by molar-refractivity contribution is 8.05. The summed E-state index contributed by atoms with van der Waals surface area (Å²) in [5, 5.41) is 0. The average molecular weight is 487 g/mol. The van der Waals surface area contributed by atoms with E-state index in [9.17, 15) is 16.8 Å². The van der Waals surface area contributed by atoms with Crippen LogP contribution in [0.25, 0.3) is 21.0 Å². The summed E-state index contributed by atoms with van der Waals surface area (Å²) in [4.78, 5) is 1.01. The lowest BCUT2D eigenvalue weighted by atomic mass is 9.93. The van der Waals surface area contributed by atoms with E-state index in [2.05, 4.69) is 0 Å². The third-order valence-electron chi connectivity index (χ3n) is 6.32. The quantitative estimate of drug-likeness (QED) is 0.448. The van der Waals surface area contributed by atoms with Gasteiger partial charge in [0.15, 0.2) is 0 Å². The molecule has 0 saturated heterocycles. The van der Waals surface area contributed by atoms with Crippen LogP contribution in [0.3, 0.4) is 0 Å². The second-order valence-electron chi connectivity index (χ2n) is 8.24. The minimum absolute atomic E-state index is 0.251. The Morgan fingerprint density at radius 1 is 0.471 bits per heavy atom. The molecule has 0 aromatic heterocycles. The first-order chi connectivity index (χ1) is 16.2. The zero-order valence-corrected chi connectivity index (χ0v) is 20.3. The van der Waals surface area contributed by atoms with Gasteiger partial charge in [0.2, 0.25) is 19.7 Å². The van der Waals surface area contributed by atoms with Crippen LogP contribution >= 0.6 is 0 Å². The van der Waals surface area contributed by atoms with E-state index in [4.69, 9.17) is 0 Å². The Hall–Kier alpha value is -3.48. The molecule has 0 saturated carbocycles. The fourth-order valence-corrected chi connectivity index (χ4v) is 7.42. The molecule has 0 spiro atoms. The van der Waals surface area contributed by atoms with Gasteiger partial charge in [-0.15, -0.1) is 0 Å². The topological polar surface area (TPSA) is 68.3 Å². The van der Waals surface area contributed by atoms with E-state index >= 15 is 0 Å². The van der Waals surface area contributed by atoms with Crippen molar-refractivity contribution in [1.29, 1.82) is 0 Å². The number of hydrogen-bond donors (Lipinski definition) is 0. The lowest BCUT2D eigenvalue weighted by Gasteiger charge is -2.11. The molecule has 170 valence electrons. The highest BCUT2D eigenvalue weighted by Gasteiger charge is 2.34. The van der Waals surface area contributed by atoms with E-state index in [1.165, 1.54) is 0 Å². The van der Waals surface area contributed by atoms with Crippen LogP contribution in [0.1, 0.15) is 36.1 Å². The van der Waals surface area contributed by atoms with E-state index in [1.54, 1.807) is 74.5 Å². The van der Waals surface area contributed by atoms with Gasteiger partial charge in [-0.3, -0.25) is 0 Å². The van der Waals surface area contributed by atoms with Crippen LogP contribution in [0.5, 0.6) is 0 Å². The Labute approximate surface area is 200 Å². The summed E-state index contributed by atoms with van der Waals surface area (Å²) < 4.78 is 53.1. The molecule has 0 radical (unpaired) electrons. The monoisotopic (exact) mass is 486 g/mol. The minimum Gasteiger partial charge on any atom is -0.219 e. The van der Waals surface area contributed by atoms with Crippen LogP contribution in [0.15, 0.2) is 107 Å². The summed E-state index contributed by atoms with van der Waals surface area (Å²) in [5.74, 6) is 0. The zero-order valence-electron chi connectivity index (χ0n) is 18.7. The molecule has 6 heteroatoms. The fraction of sp³-hybridized carbons (Fsp3) is 0.0714. The summed E-state index contributed by atoms with van der Waals surface area (Å²) in [6.07, 6.45) is 3.39. The smallest absolute Gasteiger partial charge is 0.203 e. The molecule has 0 unspecified atom stereocenters. The second kappa shape index (κ2) is 8.08. The van der Waals surface area contributed by atoms with Crippen molar-refractivity contribution in [2.45, 2.75) is 13.8 Å². The van der Waals surface area contributed by atoms with Gasteiger partial charge in [0.25, 0.3) is 0 Å². The molecular formula is C28H22O4S2. The van der Waals surface area contributed by atoms with Gasteiger partial charge in [-0.1, -0.05) is 84.9 Å². The van der Waals surface area contributed by atoms with Gasteiger partial charge in [0.1, 0.15) is 0 Å². The van der Waals surface area contributed by atoms with Gasteiger partial charge in [-0.2, -0.15) is 0 Å². The van der Waals surface area contributed by atoms with Crippen molar-refractivity contribution < 1.29 is 16.8 Å². The predicted molar refractivity (Wildman–Crippen MR) is 138 cm³/mol. The van der Waals surface area contributed by atoms with Crippen LogP contribution < -0.4 is 0 Å². The second-order valence-corrected chi connectivity index (χ2v) is 12.4. The first-order valence-corrected chi connectivity index (χ1v) is 13.8. The third-order valence-corrected chi connectivity index (χ3v) is 10.2. The van der Waals surface area contributed by atoms with Crippen molar-refractivity contribution >= 4 is 40.6 Å². The number of benzene rings is 3. The Morgan fingerprint density at radius 2 is 0.794 bits per heavy atom. The maximum atomic E-state index is 13.3. The number of sulfone groups is 2. The van der Waals surface area contributed by atoms with E-state index < -0.39 is 19.7 Å². The highest BCUT2D eigenvalue weighted by Crippen LogP contribution is 2.45. The molecule has 0 N–H and O–H groups in total. The molecule has 2 heterocycles. The lowest BCUT2D eigenvalue weighted by Crippen LogP contribution is -2.01. The van der Waals surface area contributed by atoms with Crippen LogP contribution in [0.4, 0.5) is 0 Å². The normalized spacial score (nSPS) is 18.8. The molecule has 3 aromatic carbocycles. The van der Waals surface area contributed by atoms with E-state index in [0.717, 1.165) is 0 Å². The Balaban J connectivity index is 1.71. The summed E-state index contributed by atoms with van der Waals surface area (Å²) in [6, 6.07) is 25.4. The van der Waals surface area contributed by atoms with Crippen molar-refractivity contribution in [3.05, 3.63) is 129 Å². The average Bonchev–Trinajstić information content (AvgIpc) is 3.23. The van der Waals surface area contributed by atoms with Gasteiger partial charge in [-0.05, 0) is 59.4 Å². The van der Waals surface area contributed by atoms with Gasteiger partial charge >= 0.3 is 0 Å². The predicted octanol–water partition coefficient (Wildman–Crippen LogP) is 6.09. The Morgan fingerprint density at radius 3 is 1.15 bits per heavy atom. The first kappa shape index (κ1) is 22.3. The summed E-state index contributed by atoms with van der Waals surface area (Å²) >= 11 is 0. The maximum absolute atomic E-state index is 13.3. The Bertz CT molecular complexity index is 1530. The van der Waals surface area contributed by atoms with E-state index in [1.807, 2.05) is 36.4 Å². The van der Waals surface area contributed by atoms with Crippen LogP contribution in [0.2, 0.25) is 0 Å². The molecule has 0 atom stereocenters. The molecule has 2 aliphatic heterocycles. The lowest BCUT2D eigenvalue weighted by molar-refractivity contribution is 0.610. The number of hydrogen-bond acceptors (Lipinski definition) is 4. The van der Waals surface area contributed by atoms with Crippen molar-refractivity contribution in [3.8, 4) is 0 Å². The van der Waals surface area contributed by atoms with Crippen LogP contribution in [0, 0.1) is 0 Å². The zero-order chi connectivity index (χ0) is 24.1. The third kappa shape index (κ3) is 3.42. The number of rotatable bonds is 4. The number of allylic oxidation sites excluding steroid dienone is 6. The molecule has 2 aliphatic rings. The van der Waals surface area contributed by atoms with Crippen LogP contribution in [-0.2, 0) is 19.7 Å². The highest BCUT2D eigenvalue weighted by atomic mass is 32.2. The fourth-order valence-electron chi connectivity index (χ4n) is 4.41. The standard InChI is InChI=1S/C28H22O4S2/c1-19-25(17-27(33(19,29)30)21-11-5-3-6-12-21)23-15-9-10-16-24(23)26-18-28(34(31,32)20(26)2)22-13-7-4-8-14-22/h3-18H,1-2H3. The van der Waals surface area contributed by atoms with Gasteiger partial charge in [0.05, 0.1) is 19.6 Å². The first-order valence-electron chi connectivity index (χ1n) is 10.8. The van der Waals surface area contributed by atoms with Crippen molar-refractivity contribution in [1.82, 2.24) is 0 Å². The Kier molecular flexibility index (Phi) is 5.30. The molecule has 0 bridgehead atoms. The summed E-state index contributed by atoms with van der Waals surface area (Å²) in [7, 11) is -7.31. The van der Waals surface area contributed by atoms with Crippen LogP contribution in [-0.4, -0.2) is 16.8 Å². The van der Waals surface area contributed by atoms with E-state index in [-0.39, 0.29) is 19.6 Å². The minimum atomic E-state index is -3.66. The molecule has 0 fully saturated rings. The maximum Gasteiger partial charge on any atom is 0.203 e. The van der Waals surface area contributed by atoms with Crippen molar-refractivity contribution in [3.63, 3.8) is 0 Å². The SMILES string of the molecule is CC1=C(c2ccccc2C2=C(C)S(=O)(=O)C(c3ccccc3)=C2)C=C(c2ccccc2)S1(=O)=O. The summed E-state index contributed by atoms with van der Waals surface area (Å²) in [6.45, 7) is 3.21.